The number of aryl methyl sites for hydroxylation is 1. The molecule has 0 N–H and O–H groups in total. The Morgan fingerprint density at radius 3 is 2.95 bits per heavy atom. The molecule has 4 nitrogen and oxygen atoms in total. The van der Waals surface area contributed by atoms with Gasteiger partial charge in [-0.05, 0) is 24.6 Å². The van der Waals surface area contributed by atoms with Crippen molar-refractivity contribution in [3.05, 3.63) is 48.4 Å². The van der Waals surface area contributed by atoms with Gasteiger partial charge in [0.2, 0.25) is 0 Å². The van der Waals surface area contributed by atoms with Crippen LogP contribution in [0.3, 0.4) is 0 Å². The predicted octanol–water partition coefficient (Wildman–Crippen LogP) is 2.00. The van der Waals surface area contributed by atoms with Gasteiger partial charge in [0.15, 0.2) is 0 Å². The third-order valence-corrected chi connectivity index (χ3v) is 4.52. The van der Waals surface area contributed by atoms with Crippen LogP contribution in [0.4, 0.5) is 0 Å². The van der Waals surface area contributed by atoms with Crippen LogP contribution in [0.25, 0.3) is 11.3 Å². The second-order valence-electron chi connectivity index (χ2n) is 5.88. The molecule has 20 heavy (non-hydrogen) atoms. The van der Waals surface area contributed by atoms with E-state index >= 15 is 0 Å². The second-order valence-corrected chi connectivity index (χ2v) is 5.88. The van der Waals surface area contributed by atoms with E-state index in [1.165, 1.54) is 18.5 Å². The third-order valence-electron chi connectivity index (χ3n) is 4.52. The summed E-state index contributed by atoms with van der Waals surface area (Å²) in [6.07, 6.45) is 11.8. The van der Waals surface area contributed by atoms with Gasteiger partial charge in [0, 0.05) is 43.5 Å². The highest BCUT2D eigenvalue weighted by Gasteiger charge is 2.39. The van der Waals surface area contributed by atoms with Gasteiger partial charge in [0.25, 0.3) is 0 Å². The molecular weight excluding hydrogens is 248 g/mol. The molecule has 2 atom stereocenters. The van der Waals surface area contributed by atoms with Crippen molar-refractivity contribution in [2.75, 3.05) is 19.6 Å². The van der Waals surface area contributed by atoms with Gasteiger partial charge in [-0.25, -0.2) is 0 Å². The van der Waals surface area contributed by atoms with Crippen LogP contribution in [0.15, 0.2) is 42.9 Å². The van der Waals surface area contributed by atoms with Crippen molar-refractivity contribution in [1.29, 1.82) is 0 Å². The van der Waals surface area contributed by atoms with Crippen molar-refractivity contribution in [2.45, 2.75) is 11.8 Å². The largest absolute Gasteiger partial charge is 0.298 e. The first-order valence-electron chi connectivity index (χ1n) is 7.11. The third kappa shape index (κ3) is 1.79. The fourth-order valence-electron chi connectivity index (χ4n) is 3.38. The van der Waals surface area contributed by atoms with Crippen LogP contribution in [0, 0.1) is 0 Å². The Bertz CT molecular complexity index is 655. The topological polar surface area (TPSA) is 34.0 Å². The van der Waals surface area contributed by atoms with Crippen LogP contribution in [-0.2, 0) is 12.5 Å². The summed E-state index contributed by atoms with van der Waals surface area (Å²) in [7, 11) is 1.93. The molecule has 2 bridgehead atoms. The molecule has 2 unspecified atom stereocenters. The van der Waals surface area contributed by atoms with E-state index in [-0.39, 0.29) is 5.41 Å². The molecule has 0 radical (unpaired) electrons. The van der Waals surface area contributed by atoms with Gasteiger partial charge < -0.3 is 0 Å². The fraction of sp³-hybridized carbons (Fsp3) is 0.375. The Labute approximate surface area is 118 Å². The zero-order valence-electron chi connectivity index (χ0n) is 11.7. The molecule has 0 aromatic carbocycles. The molecule has 1 fully saturated rings. The number of rotatable bonds is 2. The van der Waals surface area contributed by atoms with E-state index < -0.39 is 0 Å². The van der Waals surface area contributed by atoms with Gasteiger partial charge in [0.1, 0.15) is 0 Å². The molecule has 1 saturated heterocycles. The first kappa shape index (κ1) is 11.9. The van der Waals surface area contributed by atoms with Crippen molar-refractivity contribution in [1.82, 2.24) is 19.7 Å². The van der Waals surface area contributed by atoms with Gasteiger partial charge in [-0.3, -0.25) is 14.6 Å². The number of hydrogen-bond donors (Lipinski definition) is 0. The lowest BCUT2D eigenvalue weighted by atomic mass is 9.79. The minimum Gasteiger partial charge on any atom is -0.298 e. The first-order chi connectivity index (χ1) is 9.75. The SMILES string of the molecule is Cn1cc(-c2ccc(C34C=CCN(CC3)C4)cn2)cn1. The lowest BCUT2D eigenvalue weighted by Crippen LogP contribution is -2.33. The minimum atomic E-state index is 0.193. The number of fused-ring (bicyclic) bond motifs is 2. The van der Waals surface area contributed by atoms with Crippen molar-refractivity contribution in [3.8, 4) is 11.3 Å². The highest BCUT2D eigenvalue weighted by atomic mass is 15.2. The van der Waals surface area contributed by atoms with Crippen LogP contribution in [0.1, 0.15) is 12.0 Å². The molecule has 0 amide bonds. The summed E-state index contributed by atoms with van der Waals surface area (Å²) >= 11 is 0. The van der Waals surface area contributed by atoms with Crippen LogP contribution in [0.2, 0.25) is 0 Å². The van der Waals surface area contributed by atoms with E-state index in [1.54, 1.807) is 0 Å². The Morgan fingerprint density at radius 2 is 2.20 bits per heavy atom. The lowest BCUT2D eigenvalue weighted by Gasteiger charge is -2.29. The summed E-state index contributed by atoms with van der Waals surface area (Å²) in [6, 6.07) is 4.35. The molecule has 0 saturated carbocycles. The highest BCUT2D eigenvalue weighted by molar-refractivity contribution is 5.57. The van der Waals surface area contributed by atoms with Gasteiger partial charge in [-0.15, -0.1) is 0 Å². The zero-order valence-corrected chi connectivity index (χ0v) is 11.7. The van der Waals surface area contributed by atoms with Gasteiger partial charge in [-0.1, -0.05) is 18.2 Å². The van der Waals surface area contributed by atoms with Gasteiger partial charge >= 0.3 is 0 Å². The average Bonchev–Trinajstić information content (AvgIpc) is 3.04. The van der Waals surface area contributed by atoms with Gasteiger partial charge in [0.05, 0.1) is 11.9 Å². The molecule has 4 heterocycles. The first-order valence-corrected chi connectivity index (χ1v) is 7.11. The normalized spacial score (nSPS) is 27.9. The molecule has 2 aliphatic heterocycles. The molecule has 2 aliphatic rings. The summed E-state index contributed by atoms with van der Waals surface area (Å²) in [4.78, 5) is 7.15. The Kier molecular flexibility index (Phi) is 2.54. The average molecular weight is 266 g/mol. The van der Waals surface area contributed by atoms with E-state index in [0.29, 0.717) is 0 Å². The monoisotopic (exact) mass is 266 g/mol. The Balaban J connectivity index is 1.68. The van der Waals surface area contributed by atoms with E-state index in [2.05, 4.69) is 39.3 Å². The Hall–Kier alpha value is -1.94. The molecule has 0 aliphatic carbocycles. The molecule has 2 aromatic heterocycles. The predicted molar refractivity (Wildman–Crippen MR) is 78.3 cm³/mol. The standard InChI is InChI=1S/C16H18N4/c1-19-11-13(9-18-19)15-4-3-14(10-17-15)16-5-2-7-20(12-16)8-6-16/h2-5,9-11H,6-8,12H2,1H3. The van der Waals surface area contributed by atoms with Crippen molar-refractivity contribution < 1.29 is 0 Å². The number of nitrogens with zero attached hydrogens (tertiary/aromatic N) is 4. The van der Waals surface area contributed by atoms with E-state index in [0.717, 1.165) is 24.3 Å². The van der Waals surface area contributed by atoms with Crippen LogP contribution in [0.5, 0.6) is 0 Å². The van der Waals surface area contributed by atoms with Crippen LogP contribution < -0.4 is 0 Å². The summed E-state index contributed by atoms with van der Waals surface area (Å²) < 4.78 is 1.81. The number of aromatic nitrogens is 3. The van der Waals surface area contributed by atoms with Crippen LogP contribution in [-0.4, -0.2) is 39.3 Å². The molecule has 4 rings (SSSR count). The molecule has 4 heteroatoms. The highest BCUT2D eigenvalue weighted by Crippen LogP contribution is 2.38. The summed E-state index contributed by atoms with van der Waals surface area (Å²) in [5.74, 6) is 0. The molecule has 102 valence electrons. The minimum absolute atomic E-state index is 0.193. The maximum absolute atomic E-state index is 4.64. The summed E-state index contributed by atoms with van der Waals surface area (Å²) in [5, 5.41) is 4.20. The number of pyridine rings is 1. The lowest BCUT2D eigenvalue weighted by molar-refractivity contribution is 0.345. The van der Waals surface area contributed by atoms with Crippen molar-refractivity contribution >= 4 is 0 Å². The second kappa shape index (κ2) is 4.28. The van der Waals surface area contributed by atoms with E-state index in [1.807, 2.05) is 30.3 Å². The zero-order chi connectivity index (χ0) is 13.6. The Morgan fingerprint density at radius 1 is 1.25 bits per heavy atom. The molecular formula is C16H18N4. The fourth-order valence-corrected chi connectivity index (χ4v) is 3.38. The maximum Gasteiger partial charge on any atom is 0.0733 e. The quantitative estimate of drug-likeness (QED) is 0.780. The molecule has 2 aromatic rings. The molecule has 0 spiro atoms. The number of hydrogen-bond acceptors (Lipinski definition) is 3. The van der Waals surface area contributed by atoms with Gasteiger partial charge in [-0.2, -0.15) is 5.10 Å². The smallest absolute Gasteiger partial charge is 0.0733 e. The van der Waals surface area contributed by atoms with Crippen LogP contribution >= 0.6 is 0 Å². The maximum atomic E-state index is 4.64. The van der Waals surface area contributed by atoms with E-state index in [4.69, 9.17) is 0 Å². The van der Waals surface area contributed by atoms with Crippen molar-refractivity contribution in [3.63, 3.8) is 0 Å². The summed E-state index contributed by atoms with van der Waals surface area (Å²) in [5.41, 5.74) is 3.60. The van der Waals surface area contributed by atoms with E-state index in [9.17, 15) is 0 Å². The van der Waals surface area contributed by atoms with Crippen molar-refractivity contribution in [2.24, 2.45) is 7.05 Å². The summed E-state index contributed by atoms with van der Waals surface area (Å²) in [6.45, 7) is 3.43.